The predicted molar refractivity (Wildman–Crippen MR) is 79.8 cm³/mol. The van der Waals surface area contributed by atoms with Crippen LogP contribution in [0.2, 0.25) is 0 Å². The first-order valence-corrected chi connectivity index (χ1v) is 8.44. The van der Waals surface area contributed by atoms with Crippen molar-refractivity contribution in [1.82, 2.24) is 5.32 Å². The minimum atomic E-state index is 0.737. The van der Waals surface area contributed by atoms with Crippen LogP contribution in [0, 0.1) is 17.8 Å². The first kappa shape index (κ1) is 14.4. The molecular formula is C17H33N. The lowest BCUT2D eigenvalue weighted by atomic mass is 9.77. The summed E-state index contributed by atoms with van der Waals surface area (Å²) in [5, 5.41) is 4.00. The summed E-state index contributed by atoms with van der Waals surface area (Å²) in [5.74, 6) is 2.72. The molecule has 18 heavy (non-hydrogen) atoms. The van der Waals surface area contributed by atoms with E-state index in [4.69, 9.17) is 0 Å². The van der Waals surface area contributed by atoms with E-state index in [9.17, 15) is 0 Å². The number of nitrogens with one attached hydrogen (secondary N) is 1. The summed E-state index contributed by atoms with van der Waals surface area (Å²) in [7, 11) is 0. The zero-order valence-electron chi connectivity index (χ0n) is 12.8. The van der Waals surface area contributed by atoms with E-state index >= 15 is 0 Å². The normalized spacial score (nSPS) is 37.2. The minimum absolute atomic E-state index is 0.737. The van der Waals surface area contributed by atoms with Gasteiger partial charge in [-0.2, -0.15) is 0 Å². The molecule has 0 saturated heterocycles. The van der Waals surface area contributed by atoms with Crippen LogP contribution in [0.5, 0.6) is 0 Å². The van der Waals surface area contributed by atoms with Crippen molar-refractivity contribution in [3.8, 4) is 0 Å². The van der Waals surface area contributed by atoms with Crippen LogP contribution < -0.4 is 5.32 Å². The van der Waals surface area contributed by atoms with E-state index in [-0.39, 0.29) is 0 Å². The third-order valence-electron chi connectivity index (χ3n) is 5.79. The third kappa shape index (κ3) is 3.73. The first-order valence-electron chi connectivity index (χ1n) is 8.44. The highest BCUT2D eigenvalue weighted by Crippen LogP contribution is 2.31. The molecule has 0 heterocycles. The SMILES string of the molecule is CC1CCCC(N[C@@H](C)C2CCCCCC2)C1C. The fourth-order valence-electron chi connectivity index (χ4n) is 4.10. The van der Waals surface area contributed by atoms with Crippen molar-refractivity contribution in [1.29, 1.82) is 0 Å². The van der Waals surface area contributed by atoms with E-state index in [2.05, 4.69) is 26.1 Å². The molecule has 0 bridgehead atoms. The van der Waals surface area contributed by atoms with Crippen molar-refractivity contribution in [3.05, 3.63) is 0 Å². The summed E-state index contributed by atoms with van der Waals surface area (Å²) in [6, 6.07) is 1.52. The maximum Gasteiger partial charge on any atom is 0.00978 e. The van der Waals surface area contributed by atoms with Crippen molar-refractivity contribution < 1.29 is 0 Å². The van der Waals surface area contributed by atoms with Crippen LogP contribution in [-0.2, 0) is 0 Å². The fraction of sp³-hybridized carbons (Fsp3) is 1.00. The standard InChI is InChI=1S/C17H33N/c1-13-9-8-12-17(14(13)2)18-15(3)16-10-6-4-5-7-11-16/h13-18H,4-12H2,1-3H3/t13?,14?,15-,17?/m0/s1. The molecule has 2 aliphatic rings. The van der Waals surface area contributed by atoms with Gasteiger partial charge in [0.1, 0.15) is 0 Å². The monoisotopic (exact) mass is 251 g/mol. The Kier molecular flexibility index (Phi) is 5.54. The van der Waals surface area contributed by atoms with E-state index in [0.29, 0.717) is 0 Å². The summed E-state index contributed by atoms with van der Waals surface area (Å²) < 4.78 is 0. The van der Waals surface area contributed by atoms with Crippen molar-refractivity contribution in [2.45, 2.75) is 90.6 Å². The molecule has 1 heteroatoms. The van der Waals surface area contributed by atoms with Gasteiger partial charge in [-0.05, 0) is 43.9 Å². The van der Waals surface area contributed by atoms with Crippen LogP contribution in [0.4, 0.5) is 0 Å². The van der Waals surface area contributed by atoms with Crippen LogP contribution in [0.1, 0.15) is 78.6 Å². The van der Waals surface area contributed by atoms with Gasteiger partial charge in [0.15, 0.2) is 0 Å². The van der Waals surface area contributed by atoms with E-state index in [1.165, 1.54) is 57.8 Å². The topological polar surface area (TPSA) is 12.0 Å². The zero-order chi connectivity index (χ0) is 13.0. The molecule has 0 aromatic rings. The molecule has 2 saturated carbocycles. The van der Waals surface area contributed by atoms with Crippen molar-refractivity contribution >= 4 is 0 Å². The number of rotatable bonds is 3. The quantitative estimate of drug-likeness (QED) is 0.713. The Balaban J connectivity index is 1.83. The Bertz CT molecular complexity index is 230. The molecule has 2 aliphatic carbocycles. The zero-order valence-corrected chi connectivity index (χ0v) is 12.8. The predicted octanol–water partition coefficient (Wildman–Crippen LogP) is 4.76. The maximum atomic E-state index is 4.00. The summed E-state index contributed by atoms with van der Waals surface area (Å²) in [6.45, 7) is 7.35. The number of hydrogen-bond acceptors (Lipinski definition) is 1. The number of hydrogen-bond donors (Lipinski definition) is 1. The van der Waals surface area contributed by atoms with Crippen LogP contribution in [0.15, 0.2) is 0 Å². The van der Waals surface area contributed by atoms with E-state index < -0.39 is 0 Å². The van der Waals surface area contributed by atoms with Gasteiger partial charge in [0.05, 0.1) is 0 Å². The molecule has 0 aromatic carbocycles. The van der Waals surface area contributed by atoms with Crippen LogP contribution >= 0.6 is 0 Å². The molecule has 0 spiro atoms. The van der Waals surface area contributed by atoms with Gasteiger partial charge < -0.3 is 5.32 Å². The maximum absolute atomic E-state index is 4.00. The largest absolute Gasteiger partial charge is 0.311 e. The second-order valence-corrected chi connectivity index (χ2v) is 7.08. The summed E-state index contributed by atoms with van der Waals surface area (Å²) >= 11 is 0. The second-order valence-electron chi connectivity index (χ2n) is 7.08. The molecule has 1 nitrogen and oxygen atoms in total. The lowest BCUT2D eigenvalue weighted by Crippen LogP contribution is -2.47. The highest BCUT2D eigenvalue weighted by molar-refractivity contribution is 4.86. The highest BCUT2D eigenvalue weighted by Gasteiger charge is 2.29. The van der Waals surface area contributed by atoms with Gasteiger partial charge in [-0.3, -0.25) is 0 Å². The van der Waals surface area contributed by atoms with Crippen LogP contribution in [0.25, 0.3) is 0 Å². The third-order valence-corrected chi connectivity index (χ3v) is 5.79. The first-order chi connectivity index (χ1) is 8.68. The molecule has 3 unspecified atom stereocenters. The molecule has 1 N–H and O–H groups in total. The van der Waals surface area contributed by atoms with E-state index in [1.54, 1.807) is 0 Å². The molecule has 0 aromatic heterocycles. The molecule has 0 radical (unpaired) electrons. The fourth-order valence-corrected chi connectivity index (χ4v) is 4.10. The van der Waals surface area contributed by atoms with Crippen LogP contribution in [0.3, 0.4) is 0 Å². The van der Waals surface area contributed by atoms with Crippen molar-refractivity contribution in [3.63, 3.8) is 0 Å². The summed E-state index contributed by atoms with van der Waals surface area (Å²) in [6.07, 6.45) is 13.1. The van der Waals surface area contributed by atoms with Gasteiger partial charge >= 0.3 is 0 Å². The highest BCUT2D eigenvalue weighted by atomic mass is 15.0. The van der Waals surface area contributed by atoms with Gasteiger partial charge in [-0.1, -0.05) is 52.4 Å². The molecule has 0 amide bonds. The molecule has 2 rings (SSSR count). The van der Waals surface area contributed by atoms with Crippen molar-refractivity contribution in [2.75, 3.05) is 0 Å². The Morgan fingerprint density at radius 2 is 1.50 bits per heavy atom. The van der Waals surface area contributed by atoms with Gasteiger partial charge in [-0.15, -0.1) is 0 Å². The Morgan fingerprint density at radius 1 is 0.833 bits per heavy atom. The molecule has 4 atom stereocenters. The molecular weight excluding hydrogens is 218 g/mol. The van der Waals surface area contributed by atoms with Gasteiger partial charge in [0.2, 0.25) is 0 Å². The minimum Gasteiger partial charge on any atom is -0.311 e. The van der Waals surface area contributed by atoms with Crippen LogP contribution in [-0.4, -0.2) is 12.1 Å². The smallest absolute Gasteiger partial charge is 0.00978 e. The summed E-state index contributed by atoms with van der Waals surface area (Å²) in [4.78, 5) is 0. The Hall–Kier alpha value is -0.0400. The van der Waals surface area contributed by atoms with Crippen molar-refractivity contribution in [2.24, 2.45) is 17.8 Å². The van der Waals surface area contributed by atoms with E-state index in [0.717, 1.165) is 29.8 Å². The lowest BCUT2D eigenvalue weighted by Gasteiger charge is -2.38. The molecule has 0 aliphatic heterocycles. The second kappa shape index (κ2) is 6.93. The van der Waals surface area contributed by atoms with E-state index in [1.807, 2.05) is 0 Å². The van der Waals surface area contributed by atoms with Gasteiger partial charge in [0, 0.05) is 12.1 Å². The molecule has 2 fully saturated rings. The molecule has 106 valence electrons. The average Bonchev–Trinajstić information content (AvgIpc) is 2.63. The Morgan fingerprint density at radius 3 is 2.17 bits per heavy atom. The average molecular weight is 251 g/mol. The summed E-state index contributed by atoms with van der Waals surface area (Å²) in [5.41, 5.74) is 0. The van der Waals surface area contributed by atoms with Gasteiger partial charge in [-0.25, -0.2) is 0 Å². The van der Waals surface area contributed by atoms with Gasteiger partial charge in [0.25, 0.3) is 0 Å². The lowest BCUT2D eigenvalue weighted by molar-refractivity contribution is 0.177. The Labute approximate surface area is 114 Å².